The van der Waals surface area contributed by atoms with Crippen LogP contribution in [0.2, 0.25) is 0 Å². The second-order valence-electron chi connectivity index (χ2n) is 7.14. The Morgan fingerprint density at radius 1 is 1.13 bits per heavy atom. The van der Waals surface area contributed by atoms with Gasteiger partial charge in [-0.1, -0.05) is 12.1 Å². The summed E-state index contributed by atoms with van der Waals surface area (Å²) in [7, 11) is 1.58. The Bertz CT molecular complexity index is 850. The Labute approximate surface area is 177 Å². The van der Waals surface area contributed by atoms with Gasteiger partial charge in [0.2, 0.25) is 5.91 Å². The first-order valence-electron chi connectivity index (χ1n) is 10.3. The number of hydrogen-bond donors (Lipinski definition) is 1. The standard InChI is InChI=1S/C22H29N5O3/c1-4-27(5-2)21(28)15-26-10-11-30-20(14-26)18-8-6-16(12-24-18)17-7-9-19(25-13-17)22(29)23-3/h6-9,12-13,20H,4-5,10-11,14-15H2,1-3H3,(H,23,29)/t20-/m0/s1. The van der Waals surface area contributed by atoms with Gasteiger partial charge in [0.1, 0.15) is 11.8 Å². The van der Waals surface area contributed by atoms with E-state index in [4.69, 9.17) is 4.74 Å². The van der Waals surface area contributed by atoms with Crippen LogP contribution in [0.3, 0.4) is 0 Å². The molecule has 3 heterocycles. The second-order valence-corrected chi connectivity index (χ2v) is 7.14. The van der Waals surface area contributed by atoms with Gasteiger partial charge in [-0.2, -0.15) is 0 Å². The lowest BCUT2D eigenvalue weighted by Gasteiger charge is -2.33. The van der Waals surface area contributed by atoms with Crippen molar-refractivity contribution in [1.29, 1.82) is 0 Å². The van der Waals surface area contributed by atoms with Gasteiger partial charge in [-0.05, 0) is 26.0 Å². The number of nitrogens with zero attached hydrogens (tertiary/aromatic N) is 4. The maximum absolute atomic E-state index is 12.4. The van der Waals surface area contributed by atoms with E-state index in [2.05, 4.69) is 20.2 Å². The van der Waals surface area contributed by atoms with Crippen LogP contribution >= 0.6 is 0 Å². The van der Waals surface area contributed by atoms with Gasteiger partial charge in [-0.15, -0.1) is 0 Å². The SMILES string of the molecule is CCN(CC)C(=O)CN1CCO[C@H](c2ccc(-c3ccc(C(=O)NC)nc3)cn2)C1. The quantitative estimate of drug-likeness (QED) is 0.747. The number of pyridine rings is 2. The summed E-state index contributed by atoms with van der Waals surface area (Å²) in [6.45, 7) is 7.81. The lowest BCUT2D eigenvalue weighted by Crippen LogP contribution is -2.45. The van der Waals surface area contributed by atoms with Crippen molar-refractivity contribution < 1.29 is 14.3 Å². The van der Waals surface area contributed by atoms with Crippen LogP contribution in [0.4, 0.5) is 0 Å². The largest absolute Gasteiger partial charge is 0.369 e. The predicted octanol–water partition coefficient (Wildman–Crippen LogP) is 1.74. The van der Waals surface area contributed by atoms with Crippen molar-refractivity contribution in [2.45, 2.75) is 20.0 Å². The minimum Gasteiger partial charge on any atom is -0.369 e. The summed E-state index contributed by atoms with van der Waals surface area (Å²) in [5, 5.41) is 2.56. The molecule has 0 radical (unpaired) electrons. The summed E-state index contributed by atoms with van der Waals surface area (Å²) >= 11 is 0. The monoisotopic (exact) mass is 411 g/mol. The van der Waals surface area contributed by atoms with E-state index in [0.29, 0.717) is 25.4 Å². The van der Waals surface area contributed by atoms with Gasteiger partial charge in [0, 0.05) is 56.7 Å². The van der Waals surface area contributed by atoms with Gasteiger partial charge in [0.15, 0.2) is 0 Å². The minimum atomic E-state index is -0.214. The number of hydrogen-bond acceptors (Lipinski definition) is 6. The number of nitrogens with one attached hydrogen (secondary N) is 1. The Morgan fingerprint density at radius 2 is 1.83 bits per heavy atom. The van der Waals surface area contributed by atoms with Crippen molar-refractivity contribution in [1.82, 2.24) is 25.1 Å². The molecule has 3 rings (SSSR count). The van der Waals surface area contributed by atoms with Gasteiger partial charge in [0.05, 0.1) is 18.8 Å². The highest BCUT2D eigenvalue weighted by Gasteiger charge is 2.25. The van der Waals surface area contributed by atoms with E-state index in [-0.39, 0.29) is 17.9 Å². The molecule has 1 aliphatic heterocycles. The van der Waals surface area contributed by atoms with Crippen molar-refractivity contribution in [2.24, 2.45) is 0 Å². The van der Waals surface area contributed by atoms with Gasteiger partial charge in [-0.3, -0.25) is 24.5 Å². The molecule has 30 heavy (non-hydrogen) atoms. The number of rotatable bonds is 7. The van der Waals surface area contributed by atoms with Crippen molar-refractivity contribution in [3.8, 4) is 11.1 Å². The van der Waals surface area contributed by atoms with E-state index in [9.17, 15) is 9.59 Å². The van der Waals surface area contributed by atoms with E-state index in [1.54, 1.807) is 25.5 Å². The molecule has 0 bridgehead atoms. The van der Waals surface area contributed by atoms with Gasteiger partial charge < -0.3 is 15.0 Å². The molecule has 8 nitrogen and oxygen atoms in total. The molecule has 1 fully saturated rings. The van der Waals surface area contributed by atoms with E-state index in [0.717, 1.165) is 36.5 Å². The average Bonchev–Trinajstić information content (AvgIpc) is 2.80. The third-order valence-corrected chi connectivity index (χ3v) is 5.30. The minimum absolute atomic E-state index is 0.150. The Balaban J connectivity index is 1.64. The van der Waals surface area contributed by atoms with E-state index < -0.39 is 0 Å². The Morgan fingerprint density at radius 3 is 2.40 bits per heavy atom. The lowest BCUT2D eigenvalue weighted by molar-refractivity contribution is -0.134. The maximum atomic E-state index is 12.4. The molecule has 0 saturated carbocycles. The summed E-state index contributed by atoms with van der Waals surface area (Å²) in [5.41, 5.74) is 3.02. The average molecular weight is 412 g/mol. The topological polar surface area (TPSA) is 87.7 Å². The maximum Gasteiger partial charge on any atom is 0.269 e. The zero-order valence-corrected chi connectivity index (χ0v) is 17.8. The van der Waals surface area contributed by atoms with E-state index >= 15 is 0 Å². The molecule has 8 heteroatoms. The third-order valence-electron chi connectivity index (χ3n) is 5.30. The molecule has 1 atom stereocenters. The summed E-state index contributed by atoms with van der Waals surface area (Å²) in [6, 6.07) is 7.47. The van der Waals surface area contributed by atoms with Crippen LogP contribution in [0, 0.1) is 0 Å². The molecule has 160 valence electrons. The zero-order chi connectivity index (χ0) is 21.5. The Kier molecular flexibility index (Phi) is 7.48. The number of ether oxygens (including phenoxy) is 1. The van der Waals surface area contributed by atoms with Gasteiger partial charge in [-0.25, -0.2) is 0 Å². The fourth-order valence-corrected chi connectivity index (χ4v) is 3.49. The molecule has 0 aromatic carbocycles. The first-order chi connectivity index (χ1) is 14.5. The van der Waals surface area contributed by atoms with Crippen LogP contribution in [0.25, 0.3) is 11.1 Å². The third kappa shape index (κ3) is 5.20. The molecule has 2 aromatic rings. The number of carbonyl (C=O) groups excluding carboxylic acids is 2. The smallest absolute Gasteiger partial charge is 0.269 e. The molecule has 0 spiro atoms. The fraction of sp³-hybridized carbons (Fsp3) is 0.455. The normalized spacial score (nSPS) is 16.8. The molecule has 0 aliphatic carbocycles. The van der Waals surface area contributed by atoms with Crippen molar-refractivity contribution >= 4 is 11.8 Å². The number of carbonyl (C=O) groups is 2. The molecule has 2 amide bonds. The Hall–Kier alpha value is -2.84. The van der Waals surface area contributed by atoms with Crippen LogP contribution in [0.1, 0.15) is 36.1 Å². The van der Waals surface area contributed by atoms with E-state index in [1.807, 2.05) is 36.9 Å². The second kappa shape index (κ2) is 10.3. The van der Waals surface area contributed by atoms with Crippen LogP contribution < -0.4 is 5.32 Å². The fourth-order valence-electron chi connectivity index (χ4n) is 3.49. The molecule has 1 aliphatic rings. The molecule has 2 aromatic heterocycles. The molecule has 0 unspecified atom stereocenters. The highest BCUT2D eigenvalue weighted by molar-refractivity contribution is 5.92. The molecular formula is C22H29N5O3. The highest BCUT2D eigenvalue weighted by atomic mass is 16.5. The lowest BCUT2D eigenvalue weighted by atomic mass is 10.1. The molecule has 1 saturated heterocycles. The first-order valence-corrected chi connectivity index (χ1v) is 10.3. The molecular weight excluding hydrogens is 382 g/mol. The van der Waals surface area contributed by atoms with Crippen LogP contribution in [0.15, 0.2) is 36.7 Å². The van der Waals surface area contributed by atoms with Crippen molar-refractivity contribution in [2.75, 3.05) is 46.4 Å². The van der Waals surface area contributed by atoms with Crippen LogP contribution in [0.5, 0.6) is 0 Å². The summed E-state index contributed by atoms with van der Waals surface area (Å²) in [6.07, 6.45) is 3.29. The predicted molar refractivity (Wildman–Crippen MR) is 114 cm³/mol. The number of aromatic nitrogens is 2. The van der Waals surface area contributed by atoms with Crippen molar-refractivity contribution in [3.05, 3.63) is 48.0 Å². The number of amides is 2. The van der Waals surface area contributed by atoms with Crippen LogP contribution in [-0.4, -0.2) is 78.0 Å². The molecule has 1 N–H and O–H groups in total. The van der Waals surface area contributed by atoms with Gasteiger partial charge >= 0.3 is 0 Å². The summed E-state index contributed by atoms with van der Waals surface area (Å²) in [5.74, 6) is -0.0647. The zero-order valence-electron chi connectivity index (χ0n) is 17.8. The highest BCUT2D eigenvalue weighted by Crippen LogP contribution is 2.24. The number of likely N-dealkylation sites (N-methyl/N-ethyl adjacent to an activating group) is 1. The van der Waals surface area contributed by atoms with E-state index in [1.165, 1.54) is 0 Å². The summed E-state index contributed by atoms with van der Waals surface area (Å²) in [4.78, 5) is 36.8. The van der Waals surface area contributed by atoms with Gasteiger partial charge in [0.25, 0.3) is 5.91 Å². The summed E-state index contributed by atoms with van der Waals surface area (Å²) < 4.78 is 5.90. The van der Waals surface area contributed by atoms with Crippen molar-refractivity contribution in [3.63, 3.8) is 0 Å². The van der Waals surface area contributed by atoms with Crippen LogP contribution in [-0.2, 0) is 9.53 Å². The first kappa shape index (κ1) is 21.9. The number of morpholine rings is 1.